The number of carboxylic acid groups (broad SMARTS) is 1. The Morgan fingerprint density at radius 3 is 2.52 bits per heavy atom. The highest BCUT2D eigenvalue weighted by molar-refractivity contribution is 7.99. The van der Waals surface area contributed by atoms with Crippen LogP contribution < -0.4 is 10.1 Å². The van der Waals surface area contributed by atoms with Gasteiger partial charge in [-0.25, -0.2) is 9.59 Å². The first-order valence-corrected chi connectivity index (χ1v) is 13.4. The molecule has 1 aliphatic carbocycles. The van der Waals surface area contributed by atoms with Gasteiger partial charge >= 0.3 is 12.0 Å². The van der Waals surface area contributed by atoms with Crippen molar-refractivity contribution < 1.29 is 24.2 Å². The molecule has 1 saturated carbocycles. The predicted molar refractivity (Wildman–Crippen MR) is 133 cm³/mol. The second kappa shape index (κ2) is 15.8. The van der Waals surface area contributed by atoms with Crippen LogP contribution >= 0.6 is 11.8 Å². The van der Waals surface area contributed by atoms with E-state index in [4.69, 9.17) is 9.47 Å². The normalized spacial score (nSPS) is 14.7. The number of benzene rings is 1. The Morgan fingerprint density at radius 1 is 1.15 bits per heavy atom. The van der Waals surface area contributed by atoms with Crippen LogP contribution in [0, 0.1) is 0 Å². The van der Waals surface area contributed by atoms with Crippen molar-refractivity contribution in [3.63, 3.8) is 0 Å². The van der Waals surface area contributed by atoms with E-state index >= 15 is 0 Å². The number of aliphatic carboxylic acids is 1. The molecule has 8 heteroatoms. The summed E-state index contributed by atoms with van der Waals surface area (Å²) in [7, 11) is 0. The van der Waals surface area contributed by atoms with Crippen LogP contribution in [0.2, 0.25) is 0 Å². The van der Waals surface area contributed by atoms with E-state index in [0.717, 1.165) is 29.9 Å². The van der Waals surface area contributed by atoms with Crippen LogP contribution in [0.5, 0.6) is 5.75 Å². The van der Waals surface area contributed by atoms with E-state index in [0.29, 0.717) is 44.5 Å². The summed E-state index contributed by atoms with van der Waals surface area (Å²) < 4.78 is 11.2. The predicted octanol–water partition coefficient (Wildman–Crippen LogP) is 4.59. The summed E-state index contributed by atoms with van der Waals surface area (Å²) in [4.78, 5) is 25.9. The number of urea groups is 1. The van der Waals surface area contributed by atoms with E-state index in [1.54, 1.807) is 6.92 Å². The monoisotopic (exact) mass is 480 g/mol. The maximum atomic E-state index is 12.8. The Bertz CT molecular complexity index is 695. The van der Waals surface area contributed by atoms with Crippen LogP contribution in [0.4, 0.5) is 4.79 Å². The number of unbranched alkanes of at least 4 members (excludes halogenated alkanes) is 1. The fraction of sp³-hybridized carbons (Fsp3) is 0.680. The molecule has 2 N–H and O–H groups in total. The molecule has 0 bridgehead atoms. The molecule has 1 unspecified atom stereocenters. The number of rotatable bonds is 16. The highest BCUT2D eigenvalue weighted by Gasteiger charge is 2.21. The molecule has 2 amide bonds. The lowest BCUT2D eigenvalue weighted by Crippen LogP contribution is -2.46. The van der Waals surface area contributed by atoms with Gasteiger partial charge in [0, 0.05) is 31.4 Å². The van der Waals surface area contributed by atoms with Crippen LogP contribution in [0.25, 0.3) is 0 Å². The molecule has 0 aliphatic heterocycles. The van der Waals surface area contributed by atoms with Gasteiger partial charge < -0.3 is 24.8 Å². The number of thioether (sulfide) groups is 1. The summed E-state index contributed by atoms with van der Waals surface area (Å²) >= 11 is 1.89. The van der Waals surface area contributed by atoms with Crippen LogP contribution in [0.15, 0.2) is 24.3 Å². The first kappa shape index (κ1) is 27.3. The van der Waals surface area contributed by atoms with Gasteiger partial charge in [0.2, 0.25) is 0 Å². The van der Waals surface area contributed by atoms with E-state index in [-0.39, 0.29) is 6.03 Å². The molecular weight excluding hydrogens is 440 g/mol. The molecule has 33 heavy (non-hydrogen) atoms. The molecule has 1 aromatic rings. The Balaban J connectivity index is 1.82. The summed E-state index contributed by atoms with van der Waals surface area (Å²) in [6.45, 7) is 5.99. The van der Waals surface area contributed by atoms with Crippen molar-refractivity contribution in [2.75, 3.05) is 37.8 Å². The molecule has 2 rings (SSSR count). The molecule has 0 spiro atoms. The summed E-state index contributed by atoms with van der Waals surface area (Å²) in [5, 5.41) is 12.4. The van der Waals surface area contributed by atoms with E-state index in [9.17, 15) is 14.7 Å². The number of ether oxygens (including phenoxy) is 2. The Kier molecular flexibility index (Phi) is 13.1. The Morgan fingerprint density at radius 2 is 1.88 bits per heavy atom. The highest BCUT2D eigenvalue weighted by atomic mass is 32.2. The first-order valence-electron chi connectivity index (χ1n) is 12.2. The second-order valence-electron chi connectivity index (χ2n) is 8.36. The van der Waals surface area contributed by atoms with Gasteiger partial charge in [0.05, 0.1) is 6.54 Å². The SMILES string of the molecule is CCCCSCCN(CCOc1ccc(CC(OCC)C(=O)O)cc1)C(=O)NC1CCCC1. The van der Waals surface area contributed by atoms with Gasteiger partial charge in [0.15, 0.2) is 6.10 Å². The van der Waals surface area contributed by atoms with Crippen LogP contribution in [0.1, 0.15) is 57.9 Å². The maximum Gasteiger partial charge on any atom is 0.333 e. The third-order valence-corrected chi connectivity index (χ3v) is 6.78. The van der Waals surface area contributed by atoms with Gasteiger partial charge in [-0.15, -0.1) is 0 Å². The topological polar surface area (TPSA) is 88.1 Å². The quantitative estimate of drug-likeness (QED) is 0.337. The van der Waals surface area contributed by atoms with Gasteiger partial charge in [-0.3, -0.25) is 0 Å². The van der Waals surface area contributed by atoms with E-state index in [1.165, 1.54) is 25.7 Å². The molecule has 186 valence electrons. The number of hydrogen-bond acceptors (Lipinski definition) is 5. The van der Waals surface area contributed by atoms with E-state index in [1.807, 2.05) is 40.9 Å². The largest absolute Gasteiger partial charge is 0.492 e. The third kappa shape index (κ3) is 10.7. The second-order valence-corrected chi connectivity index (χ2v) is 9.59. The fourth-order valence-corrected chi connectivity index (χ4v) is 4.85. The molecule has 1 fully saturated rings. The molecule has 1 aliphatic rings. The lowest BCUT2D eigenvalue weighted by Gasteiger charge is -2.25. The van der Waals surface area contributed by atoms with Crippen molar-refractivity contribution in [1.82, 2.24) is 10.2 Å². The third-order valence-electron chi connectivity index (χ3n) is 5.74. The van der Waals surface area contributed by atoms with Crippen LogP contribution in [0.3, 0.4) is 0 Å². The van der Waals surface area contributed by atoms with Crippen molar-refractivity contribution in [3.8, 4) is 5.75 Å². The van der Waals surface area contributed by atoms with Crippen LogP contribution in [-0.2, 0) is 16.0 Å². The molecule has 0 aromatic heterocycles. The standard InChI is InChI=1S/C25H40N2O5S/c1-3-5-17-33-18-15-27(25(30)26-21-8-6-7-9-21)14-16-32-22-12-10-20(11-13-22)19-23(24(28)29)31-4-2/h10-13,21,23H,3-9,14-19H2,1-2H3,(H,26,30)(H,28,29). The molecular formula is C25H40N2O5S. The Labute approximate surface area is 202 Å². The smallest absolute Gasteiger partial charge is 0.333 e. The molecule has 1 aromatic carbocycles. The summed E-state index contributed by atoms with van der Waals surface area (Å²) in [5.41, 5.74) is 0.880. The maximum absolute atomic E-state index is 12.8. The van der Waals surface area contributed by atoms with Gasteiger partial charge in [0.25, 0.3) is 0 Å². The zero-order valence-electron chi connectivity index (χ0n) is 20.1. The van der Waals surface area contributed by atoms with Crippen molar-refractivity contribution in [2.45, 2.75) is 70.9 Å². The van der Waals surface area contributed by atoms with Crippen molar-refractivity contribution in [2.24, 2.45) is 0 Å². The summed E-state index contributed by atoms with van der Waals surface area (Å²) in [6, 6.07) is 7.70. The number of carboxylic acids is 1. The van der Waals surface area contributed by atoms with Gasteiger partial charge in [-0.05, 0) is 49.6 Å². The van der Waals surface area contributed by atoms with Crippen molar-refractivity contribution in [1.29, 1.82) is 0 Å². The number of carbonyl (C=O) groups excluding carboxylic acids is 1. The van der Waals surface area contributed by atoms with Crippen molar-refractivity contribution in [3.05, 3.63) is 29.8 Å². The molecule has 1 atom stereocenters. The summed E-state index contributed by atoms with van der Waals surface area (Å²) in [5.74, 6) is 1.80. The number of carbonyl (C=O) groups is 2. The van der Waals surface area contributed by atoms with Gasteiger partial charge in [-0.1, -0.05) is 38.3 Å². The molecule has 0 saturated heterocycles. The molecule has 0 radical (unpaired) electrons. The lowest BCUT2D eigenvalue weighted by molar-refractivity contribution is -0.149. The highest BCUT2D eigenvalue weighted by Crippen LogP contribution is 2.18. The number of amides is 2. The van der Waals surface area contributed by atoms with Gasteiger partial charge in [-0.2, -0.15) is 11.8 Å². The fourth-order valence-electron chi connectivity index (χ4n) is 3.80. The number of hydrogen-bond donors (Lipinski definition) is 2. The molecule has 7 nitrogen and oxygen atoms in total. The van der Waals surface area contributed by atoms with Crippen molar-refractivity contribution >= 4 is 23.8 Å². The average Bonchev–Trinajstić information content (AvgIpc) is 3.31. The summed E-state index contributed by atoms with van der Waals surface area (Å²) in [6.07, 6.45) is 6.38. The minimum atomic E-state index is -0.957. The lowest BCUT2D eigenvalue weighted by atomic mass is 10.1. The molecule has 0 heterocycles. The van der Waals surface area contributed by atoms with E-state index < -0.39 is 12.1 Å². The minimum absolute atomic E-state index is 0.00701. The number of nitrogens with one attached hydrogen (secondary N) is 1. The average molecular weight is 481 g/mol. The van der Waals surface area contributed by atoms with E-state index in [2.05, 4.69) is 12.2 Å². The van der Waals surface area contributed by atoms with Crippen LogP contribution in [-0.4, -0.2) is 72.0 Å². The number of nitrogens with zero attached hydrogens (tertiary/aromatic N) is 1. The zero-order chi connectivity index (χ0) is 23.9. The minimum Gasteiger partial charge on any atom is -0.492 e. The Hall–Kier alpha value is -1.93. The zero-order valence-corrected chi connectivity index (χ0v) is 20.9. The van der Waals surface area contributed by atoms with Gasteiger partial charge in [0.1, 0.15) is 12.4 Å². The first-order chi connectivity index (χ1) is 16.0.